The monoisotopic (exact) mass is 438 g/mol. The van der Waals surface area contributed by atoms with Crippen LogP contribution in [-0.2, 0) is 23.1 Å². The smallest absolute Gasteiger partial charge is 0.251 e. The third-order valence-corrected chi connectivity index (χ3v) is 5.81. The van der Waals surface area contributed by atoms with Gasteiger partial charge >= 0.3 is 0 Å². The summed E-state index contributed by atoms with van der Waals surface area (Å²) >= 11 is 0. The number of nitrogens with zero attached hydrogens (tertiary/aromatic N) is 1. The predicted octanol–water partition coefficient (Wildman–Crippen LogP) is 3.98. The SMILES string of the molecule is CCOc1ccc(CNC(=O)c2ccc(CN(c3ccccc3)S(C)(=O)=O)cc2)cc1. The highest BCUT2D eigenvalue weighted by atomic mass is 32.2. The molecule has 0 spiro atoms. The first-order chi connectivity index (χ1) is 14.9. The molecular formula is C24H26N2O4S. The van der Waals surface area contributed by atoms with Gasteiger partial charge in [-0.05, 0) is 54.4 Å². The van der Waals surface area contributed by atoms with E-state index < -0.39 is 10.0 Å². The Kier molecular flexibility index (Phi) is 7.31. The number of carbonyl (C=O) groups is 1. The molecule has 0 radical (unpaired) electrons. The molecule has 0 fully saturated rings. The molecule has 0 aliphatic heterocycles. The fraction of sp³-hybridized carbons (Fsp3) is 0.208. The molecule has 0 saturated heterocycles. The predicted molar refractivity (Wildman–Crippen MR) is 123 cm³/mol. The zero-order chi connectivity index (χ0) is 22.3. The third kappa shape index (κ3) is 6.33. The second-order valence-electron chi connectivity index (χ2n) is 7.06. The fourth-order valence-electron chi connectivity index (χ4n) is 3.08. The van der Waals surface area contributed by atoms with Gasteiger partial charge in [-0.25, -0.2) is 8.42 Å². The Hall–Kier alpha value is -3.32. The van der Waals surface area contributed by atoms with E-state index in [2.05, 4.69) is 5.32 Å². The van der Waals surface area contributed by atoms with Crippen LogP contribution >= 0.6 is 0 Å². The van der Waals surface area contributed by atoms with E-state index in [9.17, 15) is 13.2 Å². The number of hydrogen-bond donors (Lipinski definition) is 1. The molecule has 0 aromatic heterocycles. The van der Waals surface area contributed by atoms with Crippen LogP contribution in [0, 0.1) is 0 Å². The van der Waals surface area contributed by atoms with Crippen LogP contribution in [0.1, 0.15) is 28.4 Å². The first kappa shape index (κ1) is 22.4. The molecule has 162 valence electrons. The lowest BCUT2D eigenvalue weighted by molar-refractivity contribution is 0.0951. The second kappa shape index (κ2) is 10.1. The summed E-state index contributed by atoms with van der Waals surface area (Å²) in [7, 11) is -3.44. The zero-order valence-corrected chi connectivity index (χ0v) is 18.4. The highest BCUT2D eigenvalue weighted by Crippen LogP contribution is 2.20. The molecule has 0 unspecified atom stereocenters. The molecule has 0 saturated carbocycles. The summed E-state index contributed by atoms with van der Waals surface area (Å²) < 4.78 is 31.2. The Morgan fingerprint density at radius 3 is 2.10 bits per heavy atom. The Bertz CT molecular complexity index is 1100. The maximum Gasteiger partial charge on any atom is 0.251 e. The zero-order valence-electron chi connectivity index (χ0n) is 17.6. The van der Waals surface area contributed by atoms with E-state index in [1.165, 1.54) is 10.6 Å². The van der Waals surface area contributed by atoms with Crippen LogP contribution in [0.15, 0.2) is 78.9 Å². The molecule has 0 atom stereocenters. The molecule has 0 aliphatic rings. The van der Waals surface area contributed by atoms with Gasteiger partial charge in [0.25, 0.3) is 5.91 Å². The number of rotatable bonds is 9. The Labute approximate surface area is 183 Å². The van der Waals surface area contributed by atoms with E-state index in [1.807, 2.05) is 37.3 Å². The van der Waals surface area contributed by atoms with Crippen molar-refractivity contribution in [3.05, 3.63) is 95.6 Å². The number of anilines is 1. The lowest BCUT2D eigenvalue weighted by Gasteiger charge is -2.22. The molecule has 6 nitrogen and oxygen atoms in total. The molecule has 7 heteroatoms. The summed E-state index contributed by atoms with van der Waals surface area (Å²) in [5.41, 5.74) is 2.87. The van der Waals surface area contributed by atoms with Crippen LogP contribution < -0.4 is 14.4 Å². The lowest BCUT2D eigenvalue weighted by Crippen LogP contribution is -2.29. The minimum atomic E-state index is -3.44. The van der Waals surface area contributed by atoms with Crippen molar-refractivity contribution in [1.29, 1.82) is 0 Å². The van der Waals surface area contributed by atoms with E-state index >= 15 is 0 Å². The van der Waals surface area contributed by atoms with Gasteiger partial charge in [-0.3, -0.25) is 9.10 Å². The van der Waals surface area contributed by atoms with Gasteiger partial charge in [-0.15, -0.1) is 0 Å². The normalized spacial score (nSPS) is 11.0. The van der Waals surface area contributed by atoms with Crippen molar-refractivity contribution in [3.8, 4) is 5.75 Å². The maximum atomic E-state index is 12.5. The van der Waals surface area contributed by atoms with Crippen LogP contribution in [0.3, 0.4) is 0 Å². The third-order valence-electron chi connectivity index (χ3n) is 4.67. The van der Waals surface area contributed by atoms with E-state index in [1.54, 1.807) is 48.5 Å². The molecule has 0 bridgehead atoms. The molecule has 3 aromatic carbocycles. The molecule has 3 aromatic rings. The topological polar surface area (TPSA) is 75.7 Å². The maximum absolute atomic E-state index is 12.5. The van der Waals surface area contributed by atoms with Crippen molar-refractivity contribution in [2.75, 3.05) is 17.2 Å². The van der Waals surface area contributed by atoms with Gasteiger partial charge in [0, 0.05) is 12.1 Å². The number of nitrogens with one attached hydrogen (secondary N) is 1. The first-order valence-corrected chi connectivity index (χ1v) is 11.8. The summed E-state index contributed by atoms with van der Waals surface area (Å²) in [6, 6.07) is 23.5. The van der Waals surface area contributed by atoms with Gasteiger partial charge in [-0.1, -0.05) is 42.5 Å². The summed E-state index contributed by atoms with van der Waals surface area (Å²) in [6.45, 7) is 3.14. The average Bonchev–Trinajstić information content (AvgIpc) is 2.77. The van der Waals surface area contributed by atoms with Gasteiger partial charge in [0.1, 0.15) is 5.75 Å². The standard InChI is InChI=1S/C24H26N2O4S/c1-3-30-23-15-11-19(12-16-23)17-25-24(27)21-13-9-20(10-14-21)18-26(31(2,28)29)22-7-5-4-6-8-22/h4-16H,3,17-18H2,1-2H3,(H,25,27). The van der Waals surface area contributed by atoms with Gasteiger partial charge in [0.2, 0.25) is 10.0 Å². The second-order valence-corrected chi connectivity index (χ2v) is 8.97. The van der Waals surface area contributed by atoms with Crippen molar-refractivity contribution >= 4 is 21.6 Å². The van der Waals surface area contributed by atoms with Crippen LogP contribution in [0.2, 0.25) is 0 Å². The number of ether oxygens (including phenoxy) is 1. The van der Waals surface area contributed by atoms with Crippen LogP contribution in [0.4, 0.5) is 5.69 Å². The number of sulfonamides is 1. The molecule has 0 aliphatic carbocycles. The largest absolute Gasteiger partial charge is 0.494 e. The molecular weight excluding hydrogens is 412 g/mol. The number of hydrogen-bond acceptors (Lipinski definition) is 4. The first-order valence-electron chi connectivity index (χ1n) is 9.98. The summed E-state index contributed by atoms with van der Waals surface area (Å²) in [5, 5.41) is 2.89. The van der Waals surface area contributed by atoms with E-state index in [4.69, 9.17) is 4.74 Å². The van der Waals surface area contributed by atoms with Gasteiger partial charge in [0.05, 0.1) is 25.1 Å². The van der Waals surface area contributed by atoms with E-state index in [0.29, 0.717) is 24.4 Å². The minimum Gasteiger partial charge on any atom is -0.494 e. The number of para-hydroxylation sites is 1. The summed E-state index contributed by atoms with van der Waals surface area (Å²) in [6.07, 6.45) is 1.18. The molecule has 3 rings (SSSR count). The van der Waals surface area contributed by atoms with Crippen LogP contribution in [0.25, 0.3) is 0 Å². The highest BCUT2D eigenvalue weighted by molar-refractivity contribution is 7.92. The molecule has 31 heavy (non-hydrogen) atoms. The lowest BCUT2D eigenvalue weighted by atomic mass is 10.1. The minimum absolute atomic E-state index is 0.191. The average molecular weight is 439 g/mol. The number of benzene rings is 3. The number of amides is 1. The van der Waals surface area contributed by atoms with Crippen molar-refractivity contribution in [2.45, 2.75) is 20.0 Å². The van der Waals surface area contributed by atoms with Crippen molar-refractivity contribution in [3.63, 3.8) is 0 Å². The van der Waals surface area contributed by atoms with E-state index in [0.717, 1.165) is 16.9 Å². The van der Waals surface area contributed by atoms with Crippen molar-refractivity contribution in [2.24, 2.45) is 0 Å². The van der Waals surface area contributed by atoms with Crippen LogP contribution in [-0.4, -0.2) is 27.2 Å². The quantitative estimate of drug-likeness (QED) is 0.548. The Balaban J connectivity index is 1.63. The molecule has 1 N–H and O–H groups in total. The van der Waals surface area contributed by atoms with Gasteiger partial charge < -0.3 is 10.1 Å². The molecule has 1 amide bonds. The molecule has 0 heterocycles. The van der Waals surface area contributed by atoms with Crippen molar-refractivity contribution in [1.82, 2.24) is 5.32 Å². The number of carbonyl (C=O) groups excluding carboxylic acids is 1. The van der Waals surface area contributed by atoms with Gasteiger partial charge in [0.15, 0.2) is 0 Å². The van der Waals surface area contributed by atoms with Crippen molar-refractivity contribution < 1.29 is 17.9 Å². The van der Waals surface area contributed by atoms with Gasteiger partial charge in [-0.2, -0.15) is 0 Å². The van der Waals surface area contributed by atoms with E-state index in [-0.39, 0.29) is 12.5 Å². The van der Waals surface area contributed by atoms with Crippen LogP contribution in [0.5, 0.6) is 5.75 Å². The summed E-state index contributed by atoms with van der Waals surface area (Å²) in [5.74, 6) is 0.607. The Morgan fingerprint density at radius 1 is 0.903 bits per heavy atom. The Morgan fingerprint density at radius 2 is 1.52 bits per heavy atom. The highest BCUT2D eigenvalue weighted by Gasteiger charge is 2.17. The summed E-state index contributed by atoms with van der Waals surface area (Å²) in [4.78, 5) is 12.5. The fourth-order valence-corrected chi connectivity index (χ4v) is 3.96.